The van der Waals surface area contributed by atoms with Crippen LogP contribution in [0, 0.1) is 0 Å². The highest BCUT2D eigenvalue weighted by Gasteiger charge is 2.29. The summed E-state index contributed by atoms with van der Waals surface area (Å²) in [4.78, 5) is 19.8. The molecule has 1 saturated carbocycles. The quantitative estimate of drug-likeness (QED) is 0.540. The van der Waals surface area contributed by atoms with Crippen LogP contribution in [0.2, 0.25) is 0 Å². The molecule has 9 nitrogen and oxygen atoms in total. The number of benzene rings is 1. The fourth-order valence-corrected chi connectivity index (χ4v) is 3.84. The second-order valence-electron chi connectivity index (χ2n) is 7.61. The average molecular weight is 390 g/mol. The largest absolute Gasteiger partial charge is 0.378 e. The summed E-state index contributed by atoms with van der Waals surface area (Å²) in [6.07, 6.45) is 4.36. The van der Waals surface area contributed by atoms with Crippen LogP contribution < -0.4 is 10.2 Å². The van der Waals surface area contributed by atoms with Crippen LogP contribution in [0.1, 0.15) is 30.1 Å². The molecule has 1 aromatic carbocycles. The van der Waals surface area contributed by atoms with Crippen LogP contribution in [0.3, 0.4) is 0 Å². The maximum absolute atomic E-state index is 5.49. The van der Waals surface area contributed by atoms with Gasteiger partial charge in [-0.2, -0.15) is 19.6 Å². The molecule has 2 fully saturated rings. The second-order valence-corrected chi connectivity index (χ2v) is 7.61. The number of imidazole rings is 1. The molecule has 9 heteroatoms. The number of aromatic nitrogens is 6. The van der Waals surface area contributed by atoms with Crippen molar-refractivity contribution in [1.29, 1.82) is 0 Å². The number of fused-ring (bicyclic) bond motifs is 2. The minimum Gasteiger partial charge on any atom is -0.378 e. The summed E-state index contributed by atoms with van der Waals surface area (Å²) in [5.74, 6) is 2.85. The van der Waals surface area contributed by atoms with Crippen molar-refractivity contribution in [1.82, 2.24) is 29.5 Å². The molecule has 6 rings (SSSR count). The highest BCUT2D eigenvalue weighted by molar-refractivity contribution is 5.74. The van der Waals surface area contributed by atoms with E-state index in [9.17, 15) is 0 Å². The zero-order chi connectivity index (χ0) is 19.2. The summed E-state index contributed by atoms with van der Waals surface area (Å²) >= 11 is 0. The molecule has 1 aliphatic carbocycles. The van der Waals surface area contributed by atoms with Gasteiger partial charge in [-0.1, -0.05) is 12.1 Å². The van der Waals surface area contributed by atoms with Crippen LogP contribution >= 0.6 is 0 Å². The van der Waals surface area contributed by atoms with E-state index in [1.807, 2.05) is 35.0 Å². The predicted octanol–water partition coefficient (Wildman–Crippen LogP) is 2.33. The number of ether oxygens (including phenoxy) is 1. The average Bonchev–Trinajstić information content (AvgIpc) is 3.37. The molecule has 4 aromatic rings. The molecular weight excluding hydrogens is 368 g/mol. The lowest BCUT2D eigenvalue weighted by Crippen LogP contribution is -2.37. The van der Waals surface area contributed by atoms with Gasteiger partial charge in [0.1, 0.15) is 5.82 Å². The molecule has 0 amide bonds. The highest BCUT2D eigenvalue weighted by atomic mass is 16.5. The van der Waals surface area contributed by atoms with Crippen molar-refractivity contribution in [3.05, 3.63) is 41.9 Å². The molecule has 1 saturated heterocycles. The van der Waals surface area contributed by atoms with Crippen molar-refractivity contribution >= 4 is 28.6 Å². The third kappa shape index (κ3) is 3.07. The molecule has 29 heavy (non-hydrogen) atoms. The number of morpholine rings is 1. The first-order chi connectivity index (χ1) is 14.3. The summed E-state index contributed by atoms with van der Waals surface area (Å²) in [6, 6.07) is 8.03. The lowest BCUT2D eigenvalue weighted by atomic mass is 10.2. The first-order valence-corrected chi connectivity index (χ1v) is 10.1. The fraction of sp³-hybridized carbons (Fsp3) is 0.400. The van der Waals surface area contributed by atoms with Gasteiger partial charge in [-0.05, 0) is 30.9 Å². The lowest BCUT2D eigenvalue weighted by Gasteiger charge is -2.27. The van der Waals surface area contributed by atoms with Crippen LogP contribution in [0.4, 0.5) is 11.9 Å². The number of nitrogens with zero attached hydrogens (tertiary/aromatic N) is 6. The Morgan fingerprint density at radius 1 is 1.10 bits per heavy atom. The first-order valence-electron chi connectivity index (χ1n) is 10.1. The Morgan fingerprint density at radius 3 is 2.79 bits per heavy atom. The molecule has 148 valence electrons. The number of anilines is 2. The molecule has 0 unspecified atom stereocenters. The van der Waals surface area contributed by atoms with Gasteiger partial charge in [0.2, 0.25) is 11.9 Å². The smallest absolute Gasteiger partial charge is 0.230 e. The van der Waals surface area contributed by atoms with Crippen molar-refractivity contribution in [2.24, 2.45) is 0 Å². The van der Waals surface area contributed by atoms with E-state index in [2.05, 4.69) is 25.3 Å². The Balaban J connectivity index is 1.36. The molecule has 0 radical (unpaired) electrons. The van der Waals surface area contributed by atoms with Crippen LogP contribution in [0.5, 0.6) is 0 Å². The number of rotatable bonds is 5. The minimum atomic E-state index is 0.530. The Hall–Kier alpha value is -3.20. The summed E-state index contributed by atoms with van der Waals surface area (Å²) in [5.41, 5.74) is 4.10. The molecule has 0 atom stereocenters. The van der Waals surface area contributed by atoms with Crippen molar-refractivity contribution in [3.63, 3.8) is 0 Å². The number of para-hydroxylation sites is 2. The zero-order valence-electron chi connectivity index (χ0n) is 16.0. The van der Waals surface area contributed by atoms with E-state index < -0.39 is 0 Å². The standard InChI is InChI=1S/C20H22N8O/c1-2-4-16-15(3-1)23-17(24-16)12-21-19-26-20(27-7-9-29-10-8-27)25-18-14(13-5-6-13)11-22-28(18)19/h1-4,11,13H,5-10,12H2,(H,23,24)(H,21,25,26). The SMILES string of the molecule is c1ccc2[nH]c(CNc3nc(N4CCOCC4)nc4c(C5CC5)cnn34)nc2c1. The van der Waals surface area contributed by atoms with E-state index in [1.54, 1.807) is 0 Å². The maximum atomic E-state index is 5.49. The molecule has 3 aromatic heterocycles. The van der Waals surface area contributed by atoms with Crippen molar-refractivity contribution < 1.29 is 4.74 Å². The van der Waals surface area contributed by atoms with Gasteiger partial charge in [0.25, 0.3) is 0 Å². The van der Waals surface area contributed by atoms with Gasteiger partial charge in [-0.25, -0.2) is 4.98 Å². The molecular formula is C20H22N8O. The summed E-state index contributed by atoms with van der Waals surface area (Å²) in [6.45, 7) is 3.52. The summed E-state index contributed by atoms with van der Waals surface area (Å²) < 4.78 is 7.31. The van der Waals surface area contributed by atoms with Crippen LogP contribution in [0.15, 0.2) is 30.5 Å². The third-order valence-electron chi connectivity index (χ3n) is 5.55. The first kappa shape index (κ1) is 16.7. The zero-order valence-corrected chi connectivity index (χ0v) is 16.0. The summed E-state index contributed by atoms with van der Waals surface area (Å²) in [5, 5.41) is 7.99. The van der Waals surface area contributed by atoms with Gasteiger partial charge in [0.05, 0.1) is 37.0 Å². The molecule has 2 aliphatic rings. The third-order valence-corrected chi connectivity index (χ3v) is 5.55. The maximum Gasteiger partial charge on any atom is 0.230 e. The van der Waals surface area contributed by atoms with Gasteiger partial charge < -0.3 is 19.9 Å². The van der Waals surface area contributed by atoms with Crippen LogP contribution in [-0.4, -0.2) is 55.9 Å². The van der Waals surface area contributed by atoms with E-state index in [0.29, 0.717) is 31.6 Å². The van der Waals surface area contributed by atoms with Crippen molar-refractivity contribution in [2.45, 2.75) is 25.3 Å². The normalized spacial score (nSPS) is 17.3. The van der Waals surface area contributed by atoms with Gasteiger partial charge in [0, 0.05) is 18.7 Å². The lowest BCUT2D eigenvalue weighted by molar-refractivity contribution is 0.122. The van der Waals surface area contributed by atoms with E-state index >= 15 is 0 Å². The Bertz CT molecular complexity index is 1140. The molecule has 1 aliphatic heterocycles. The van der Waals surface area contributed by atoms with Gasteiger partial charge in [-0.15, -0.1) is 0 Å². The summed E-state index contributed by atoms with van der Waals surface area (Å²) in [7, 11) is 0. The van der Waals surface area contributed by atoms with Crippen molar-refractivity contribution in [3.8, 4) is 0 Å². The molecule has 4 heterocycles. The Kier molecular flexibility index (Phi) is 3.86. The van der Waals surface area contributed by atoms with Gasteiger partial charge in [0.15, 0.2) is 5.65 Å². The van der Waals surface area contributed by atoms with E-state index in [0.717, 1.165) is 41.5 Å². The molecule has 0 spiro atoms. The number of hydrogen-bond acceptors (Lipinski definition) is 7. The van der Waals surface area contributed by atoms with E-state index in [-0.39, 0.29) is 0 Å². The van der Waals surface area contributed by atoms with E-state index in [1.165, 1.54) is 18.4 Å². The monoisotopic (exact) mass is 390 g/mol. The number of H-pyrrole nitrogens is 1. The number of nitrogens with one attached hydrogen (secondary N) is 2. The van der Waals surface area contributed by atoms with E-state index in [4.69, 9.17) is 14.7 Å². The van der Waals surface area contributed by atoms with Gasteiger partial charge >= 0.3 is 0 Å². The number of aromatic amines is 1. The molecule has 0 bridgehead atoms. The number of hydrogen-bond donors (Lipinski definition) is 2. The minimum absolute atomic E-state index is 0.530. The Morgan fingerprint density at radius 2 is 1.97 bits per heavy atom. The second kappa shape index (κ2) is 6.70. The Labute approximate surface area is 167 Å². The fourth-order valence-electron chi connectivity index (χ4n) is 3.84. The van der Waals surface area contributed by atoms with Crippen LogP contribution in [0.25, 0.3) is 16.7 Å². The molecule has 2 N–H and O–H groups in total. The van der Waals surface area contributed by atoms with Gasteiger partial charge in [-0.3, -0.25) is 0 Å². The van der Waals surface area contributed by atoms with Crippen molar-refractivity contribution in [2.75, 3.05) is 36.5 Å². The highest BCUT2D eigenvalue weighted by Crippen LogP contribution is 2.42. The predicted molar refractivity (Wildman–Crippen MR) is 109 cm³/mol. The van der Waals surface area contributed by atoms with Crippen LogP contribution in [-0.2, 0) is 11.3 Å². The topological polar surface area (TPSA) is 96.3 Å².